The van der Waals surface area contributed by atoms with Gasteiger partial charge in [-0.2, -0.15) is 0 Å². The van der Waals surface area contributed by atoms with Gasteiger partial charge in [-0.1, -0.05) is 13.8 Å². The van der Waals surface area contributed by atoms with Crippen molar-refractivity contribution in [1.82, 2.24) is 10.6 Å². The maximum atomic E-state index is 11.9. The van der Waals surface area contributed by atoms with E-state index in [1.54, 1.807) is 0 Å². The molecule has 2 fully saturated rings. The van der Waals surface area contributed by atoms with Crippen LogP contribution in [-0.2, 0) is 4.79 Å². The Labute approximate surface area is 90.5 Å². The number of rotatable bonds is 4. The number of carbonyl (C=O) groups excluding carboxylic acids is 1. The molecule has 1 unspecified atom stereocenters. The predicted molar refractivity (Wildman–Crippen MR) is 59.6 cm³/mol. The first-order valence-electron chi connectivity index (χ1n) is 5.87. The fourth-order valence-electron chi connectivity index (χ4n) is 2.22. The highest BCUT2D eigenvalue weighted by Gasteiger charge is 2.53. The number of aliphatic imine (C=N–C) groups is 1. The van der Waals surface area contributed by atoms with Gasteiger partial charge in [0.05, 0.1) is 0 Å². The number of carbonyl (C=O) groups is 1. The van der Waals surface area contributed by atoms with E-state index in [9.17, 15) is 4.79 Å². The molecule has 84 valence electrons. The van der Waals surface area contributed by atoms with Crippen molar-refractivity contribution in [2.24, 2.45) is 10.9 Å². The topological polar surface area (TPSA) is 53.5 Å². The number of hydrogen-bond acceptors (Lipinski definition) is 2. The molecule has 1 aliphatic carbocycles. The molecule has 2 N–H and O–H groups in total. The summed E-state index contributed by atoms with van der Waals surface area (Å²) in [6, 6.07) is 0. The minimum absolute atomic E-state index is 0.113. The lowest BCUT2D eigenvalue weighted by Crippen LogP contribution is -2.48. The summed E-state index contributed by atoms with van der Waals surface area (Å²) in [6.07, 6.45) is 4.17. The lowest BCUT2D eigenvalue weighted by atomic mass is 9.90. The average molecular weight is 209 g/mol. The number of nitrogens with one attached hydrogen (secondary N) is 2. The molecule has 0 aromatic heterocycles. The van der Waals surface area contributed by atoms with Crippen molar-refractivity contribution in [3.05, 3.63) is 0 Å². The largest absolute Gasteiger partial charge is 0.341 e. The van der Waals surface area contributed by atoms with Crippen molar-refractivity contribution >= 4 is 11.9 Å². The van der Waals surface area contributed by atoms with Crippen LogP contribution >= 0.6 is 0 Å². The highest BCUT2D eigenvalue weighted by atomic mass is 16.2. The van der Waals surface area contributed by atoms with Crippen LogP contribution in [-0.4, -0.2) is 24.0 Å². The summed E-state index contributed by atoms with van der Waals surface area (Å²) in [6.45, 7) is 4.91. The van der Waals surface area contributed by atoms with Crippen LogP contribution in [0, 0.1) is 5.92 Å². The molecule has 2 rings (SSSR count). The molecule has 0 bridgehead atoms. The maximum absolute atomic E-state index is 11.9. The zero-order valence-corrected chi connectivity index (χ0v) is 9.47. The van der Waals surface area contributed by atoms with Crippen molar-refractivity contribution in [1.29, 1.82) is 0 Å². The highest BCUT2D eigenvalue weighted by molar-refractivity contribution is 6.09. The van der Waals surface area contributed by atoms with E-state index in [4.69, 9.17) is 0 Å². The second-order valence-corrected chi connectivity index (χ2v) is 4.41. The minimum Gasteiger partial charge on any atom is -0.341 e. The smallest absolute Gasteiger partial charge is 0.252 e. The molecular weight excluding hydrogens is 190 g/mol. The molecule has 0 spiro atoms. The van der Waals surface area contributed by atoms with Crippen molar-refractivity contribution in [2.75, 3.05) is 6.54 Å². The number of nitrogens with zero attached hydrogens (tertiary/aromatic N) is 1. The molecule has 0 aromatic carbocycles. The van der Waals surface area contributed by atoms with E-state index in [1.165, 1.54) is 0 Å². The summed E-state index contributed by atoms with van der Waals surface area (Å²) in [7, 11) is 0. The molecule has 1 aliphatic heterocycles. The number of hydrogen-bond donors (Lipinski definition) is 2. The third-order valence-electron chi connectivity index (χ3n) is 3.30. The summed E-state index contributed by atoms with van der Waals surface area (Å²) in [5, 5.41) is 6.14. The Bertz CT molecular complexity index is 296. The molecular formula is C11H19N3O. The SMILES string of the molecule is CCCN=C1NC(=O)C(CC)(C2CC2)N1. The van der Waals surface area contributed by atoms with E-state index in [-0.39, 0.29) is 11.4 Å². The van der Waals surface area contributed by atoms with E-state index in [2.05, 4.69) is 29.5 Å². The van der Waals surface area contributed by atoms with E-state index in [0.29, 0.717) is 11.9 Å². The van der Waals surface area contributed by atoms with Crippen LogP contribution in [0.3, 0.4) is 0 Å². The third kappa shape index (κ3) is 1.73. The van der Waals surface area contributed by atoms with Crippen LogP contribution in [0.4, 0.5) is 0 Å². The van der Waals surface area contributed by atoms with Gasteiger partial charge in [0.15, 0.2) is 5.96 Å². The standard InChI is InChI=1S/C11H19N3O/c1-3-7-12-10-13-9(15)11(4-2,14-10)8-5-6-8/h8H,3-7H2,1-2H3,(H2,12,13,14,15). The van der Waals surface area contributed by atoms with E-state index in [0.717, 1.165) is 32.2 Å². The van der Waals surface area contributed by atoms with Crippen LogP contribution in [0.15, 0.2) is 4.99 Å². The van der Waals surface area contributed by atoms with Gasteiger partial charge >= 0.3 is 0 Å². The molecule has 4 nitrogen and oxygen atoms in total. The van der Waals surface area contributed by atoms with Gasteiger partial charge in [-0.05, 0) is 31.6 Å². The Kier molecular flexibility index (Phi) is 2.67. The fraction of sp³-hybridized carbons (Fsp3) is 0.818. The Hall–Kier alpha value is -1.06. The summed E-state index contributed by atoms with van der Waals surface area (Å²) < 4.78 is 0. The van der Waals surface area contributed by atoms with Gasteiger partial charge in [0, 0.05) is 6.54 Å². The van der Waals surface area contributed by atoms with Crippen molar-refractivity contribution in [3.63, 3.8) is 0 Å². The van der Waals surface area contributed by atoms with Crippen LogP contribution < -0.4 is 10.6 Å². The number of amides is 1. The van der Waals surface area contributed by atoms with Gasteiger partial charge < -0.3 is 5.32 Å². The van der Waals surface area contributed by atoms with Gasteiger partial charge in [0.25, 0.3) is 5.91 Å². The fourth-order valence-corrected chi connectivity index (χ4v) is 2.22. The normalized spacial score (nSPS) is 32.9. The van der Waals surface area contributed by atoms with Gasteiger partial charge in [0.1, 0.15) is 5.54 Å². The Morgan fingerprint density at radius 2 is 2.20 bits per heavy atom. The molecule has 1 saturated carbocycles. The van der Waals surface area contributed by atoms with E-state index >= 15 is 0 Å². The van der Waals surface area contributed by atoms with Crippen LogP contribution in [0.2, 0.25) is 0 Å². The summed E-state index contributed by atoms with van der Waals surface area (Å²) in [4.78, 5) is 16.2. The number of guanidine groups is 1. The molecule has 1 saturated heterocycles. The summed E-state index contributed by atoms with van der Waals surface area (Å²) in [5.74, 6) is 1.30. The van der Waals surface area contributed by atoms with E-state index in [1.807, 2.05) is 0 Å². The monoisotopic (exact) mass is 209 g/mol. The van der Waals surface area contributed by atoms with E-state index < -0.39 is 0 Å². The molecule has 4 heteroatoms. The van der Waals surface area contributed by atoms with Crippen molar-refractivity contribution < 1.29 is 4.79 Å². The van der Waals surface area contributed by atoms with Crippen LogP contribution in [0.5, 0.6) is 0 Å². The Balaban J connectivity index is 2.11. The molecule has 2 aliphatic rings. The second kappa shape index (κ2) is 3.83. The summed E-state index contributed by atoms with van der Waals surface area (Å²) in [5.41, 5.74) is -0.355. The second-order valence-electron chi connectivity index (χ2n) is 4.41. The first-order chi connectivity index (χ1) is 7.23. The Morgan fingerprint density at radius 3 is 2.73 bits per heavy atom. The highest BCUT2D eigenvalue weighted by Crippen LogP contribution is 2.42. The molecule has 0 aromatic rings. The average Bonchev–Trinajstić information content (AvgIpc) is 3.02. The van der Waals surface area contributed by atoms with Gasteiger partial charge in [-0.15, -0.1) is 0 Å². The van der Waals surface area contributed by atoms with Crippen LogP contribution in [0.25, 0.3) is 0 Å². The molecule has 1 atom stereocenters. The van der Waals surface area contributed by atoms with Gasteiger partial charge in [0.2, 0.25) is 0 Å². The van der Waals surface area contributed by atoms with Crippen molar-refractivity contribution in [2.45, 2.75) is 45.1 Å². The first kappa shape index (κ1) is 10.5. The maximum Gasteiger partial charge on any atom is 0.252 e. The van der Waals surface area contributed by atoms with Gasteiger partial charge in [-0.25, -0.2) is 0 Å². The molecule has 1 heterocycles. The molecule has 0 radical (unpaired) electrons. The predicted octanol–water partition coefficient (Wildman–Crippen LogP) is 1.03. The quantitative estimate of drug-likeness (QED) is 0.726. The molecule has 15 heavy (non-hydrogen) atoms. The zero-order chi connectivity index (χ0) is 10.9. The van der Waals surface area contributed by atoms with Crippen molar-refractivity contribution in [3.8, 4) is 0 Å². The zero-order valence-electron chi connectivity index (χ0n) is 9.47. The van der Waals surface area contributed by atoms with Crippen LogP contribution in [0.1, 0.15) is 39.5 Å². The lowest BCUT2D eigenvalue weighted by Gasteiger charge is -2.24. The Morgan fingerprint density at radius 1 is 1.47 bits per heavy atom. The third-order valence-corrected chi connectivity index (χ3v) is 3.30. The first-order valence-corrected chi connectivity index (χ1v) is 5.87. The minimum atomic E-state index is -0.355. The summed E-state index contributed by atoms with van der Waals surface area (Å²) >= 11 is 0. The van der Waals surface area contributed by atoms with Gasteiger partial charge in [-0.3, -0.25) is 15.1 Å². The molecule has 1 amide bonds. The lowest BCUT2D eigenvalue weighted by molar-refractivity contribution is -0.124.